The van der Waals surface area contributed by atoms with Crippen molar-refractivity contribution in [1.29, 1.82) is 0 Å². The number of carbonyl (C=O) groups is 2. The maximum absolute atomic E-state index is 11.0. The van der Waals surface area contributed by atoms with Crippen LogP contribution in [0.2, 0.25) is 0 Å². The van der Waals surface area contributed by atoms with Gasteiger partial charge in [-0.2, -0.15) is 0 Å². The van der Waals surface area contributed by atoms with Gasteiger partial charge in [-0.25, -0.2) is 0 Å². The van der Waals surface area contributed by atoms with Gasteiger partial charge in [0.2, 0.25) is 0 Å². The second-order valence-electron chi connectivity index (χ2n) is 4.30. The number of fused-ring (bicyclic) bond motifs is 2. The Morgan fingerprint density at radius 3 is 2.29 bits per heavy atom. The van der Waals surface area contributed by atoms with Gasteiger partial charge < -0.3 is 15.9 Å². The predicted molar refractivity (Wildman–Crippen MR) is 46.5 cm³/mol. The Morgan fingerprint density at radius 1 is 1.29 bits per heavy atom. The highest BCUT2D eigenvalue weighted by Gasteiger charge is 2.63. The second kappa shape index (κ2) is 2.70. The van der Waals surface area contributed by atoms with Crippen molar-refractivity contribution in [3.8, 4) is 0 Å². The molecule has 0 aliphatic heterocycles. The largest absolute Gasteiger partial charge is 0.481 e. The normalized spacial score (nSPS) is 45.4. The molecule has 0 spiro atoms. The fraction of sp³-hybridized carbons (Fsp3) is 0.778. The average Bonchev–Trinajstić information content (AvgIpc) is 2.58. The summed E-state index contributed by atoms with van der Waals surface area (Å²) in [6.45, 7) is 0. The Hall–Kier alpha value is -1.10. The first-order valence-corrected chi connectivity index (χ1v) is 4.73. The first-order valence-electron chi connectivity index (χ1n) is 4.73. The fourth-order valence-corrected chi connectivity index (χ4v) is 3.09. The first-order chi connectivity index (χ1) is 6.48. The molecule has 0 aromatic carbocycles. The third-order valence-corrected chi connectivity index (χ3v) is 3.83. The van der Waals surface area contributed by atoms with Crippen LogP contribution in [0.1, 0.15) is 19.3 Å². The molecule has 2 aliphatic carbocycles. The molecule has 14 heavy (non-hydrogen) atoms. The number of carboxylic acid groups (broad SMARTS) is 2. The molecule has 0 radical (unpaired) electrons. The van der Waals surface area contributed by atoms with Crippen LogP contribution in [0, 0.1) is 17.8 Å². The molecule has 2 saturated carbocycles. The molecule has 2 rings (SSSR count). The lowest BCUT2D eigenvalue weighted by Gasteiger charge is -2.24. The van der Waals surface area contributed by atoms with Crippen molar-refractivity contribution in [1.82, 2.24) is 0 Å². The molecule has 2 aliphatic rings. The summed E-state index contributed by atoms with van der Waals surface area (Å²) in [6.07, 6.45) is 1.80. The summed E-state index contributed by atoms with van der Waals surface area (Å²) in [4.78, 5) is 21.9. The molecule has 0 heterocycles. The minimum Gasteiger partial charge on any atom is -0.481 e. The van der Waals surface area contributed by atoms with E-state index in [2.05, 4.69) is 0 Å². The van der Waals surface area contributed by atoms with Gasteiger partial charge in [-0.05, 0) is 25.2 Å². The average molecular weight is 199 g/mol. The molecular weight excluding hydrogens is 186 g/mol. The SMILES string of the molecule is N[C@@]1(C(=O)O)[C@H]2CC[C@H]1[C@H](C(=O)O)C2. The summed E-state index contributed by atoms with van der Waals surface area (Å²) in [6, 6.07) is 0. The second-order valence-corrected chi connectivity index (χ2v) is 4.30. The maximum atomic E-state index is 11.0. The Balaban J connectivity index is 2.32. The van der Waals surface area contributed by atoms with E-state index in [9.17, 15) is 9.59 Å². The standard InChI is InChI=1S/C9H13NO4/c10-9(8(13)14)4-1-2-6(9)5(3-4)7(11)12/h4-6H,1-3,10H2,(H,11,12)(H,13,14)/t4-,5+,6-,9-/m0/s1. The van der Waals surface area contributed by atoms with Crippen molar-refractivity contribution < 1.29 is 19.8 Å². The lowest BCUT2D eigenvalue weighted by Crippen LogP contribution is -2.53. The van der Waals surface area contributed by atoms with Crippen LogP contribution in [0.25, 0.3) is 0 Å². The quantitative estimate of drug-likeness (QED) is 0.576. The van der Waals surface area contributed by atoms with Crippen LogP contribution < -0.4 is 5.73 Å². The highest BCUT2D eigenvalue weighted by molar-refractivity contribution is 5.83. The first kappa shape index (κ1) is 9.45. The molecule has 5 nitrogen and oxygen atoms in total. The lowest BCUT2D eigenvalue weighted by molar-refractivity contribution is -0.147. The number of nitrogens with two attached hydrogens (primary N) is 1. The molecule has 4 N–H and O–H groups in total. The van der Waals surface area contributed by atoms with E-state index in [1.54, 1.807) is 0 Å². The third kappa shape index (κ3) is 0.930. The Labute approximate surface area is 80.9 Å². The number of hydrogen-bond acceptors (Lipinski definition) is 3. The van der Waals surface area contributed by atoms with Crippen LogP contribution in [0.3, 0.4) is 0 Å². The van der Waals surface area contributed by atoms with Crippen LogP contribution in [-0.2, 0) is 9.59 Å². The van der Waals surface area contributed by atoms with Crippen molar-refractivity contribution in [3.63, 3.8) is 0 Å². The van der Waals surface area contributed by atoms with Crippen LogP contribution in [-0.4, -0.2) is 27.7 Å². The summed E-state index contributed by atoms with van der Waals surface area (Å²) in [5, 5.41) is 17.9. The van der Waals surface area contributed by atoms with Gasteiger partial charge in [0.05, 0.1) is 5.92 Å². The minimum atomic E-state index is -1.29. The Kier molecular flexibility index (Phi) is 1.82. The van der Waals surface area contributed by atoms with Crippen LogP contribution in [0.4, 0.5) is 0 Å². The number of aliphatic carboxylic acids is 2. The number of hydrogen-bond donors (Lipinski definition) is 3. The molecule has 0 aromatic rings. The van der Waals surface area contributed by atoms with E-state index < -0.39 is 23.4 Å². The Bertz CT molecular complexity index is 303. The van der Waals surface area contributed by atoms with Crippen molar-refractivity contribution in [3.05, 3.63) is 0 Å². The molecule has 2 fully saturated rings. The molecule has 0 saturated heterocycles. The van der Waals surface area contributed by atoms with E-state index in [0.29, 0.717) is 12.8 Å². The van der Waals surface area contributed by atoms with Gasteiger partial charge in [0, 0.05) is 5.92 Å². The highest BCUT2D eigenvalue weighted by atomic mass is 16.4. The van der Waals surface area contributed by atoms with Gasteiger partial charge in [0.15, 0.2) is 0 Å². The zero-order valence-electron chi connectivity index (χ0n) is 7.64. The molecule has 5 heteroatoms. The number of rotatable bonds is 2. The summed E-state index contributed by atoms with van der Waals surface area (Å²) >= 11 is 0. The van der Waals surface area contributed by atoms with Gasteiger partial charge in [0.1, 0.15) is 5.54 Å². The van der Waals surface area contributed by atoms with Crippen molar-refractivity contribution in [2.45, 2.75) is 24.8 Å². The number of carboxylic acids is 2. The van der Waals surface area contributed by atoms with Crippen molar-refractivity contribution in [2.75, 3.05) is 0 Å². The molecule has 0 aromatic heterocycles. The highest BCUT2D eigenvalue weighted by Crippen LogP contribution is 2.54. The summed E-state index contributed by atoms with van der Waals surface area (Å²) in [5.74, 6) is -3.06. The van der Waals surface area contributed by atoms with Gasteiger partial charge >= 0.3 is 11.9 Å². The van der Waals surface area contributed by atoms with E-state index in [1.807, 2.05) is 0 Å². The molecule has 0 amide bonds. The summed E-state index contributed by atoms with van der Waals surface area (Å²) in [5.41, 5.74) is 4.53. The van der Waals surface area contributed by atoms with Crippen LogP contribution >= 0.6 is 0 Å². The van der Waals surface area contributed by atoms with E-state index in [1.165, 1.54) is 0 Å². The molecule has 78 valence electrons. The molecule has 4 atom stereocenters. The topological polar surface area (TPSA) is 101 Å². The van der Waals surface area contributed by atoms with Crippen molar-refractivity contribution in [2.24, 2.45) is 23.5 Å². The van der Waals surface area contributed by atoms with Gasteiger partial charge in [-0.3, -0.25) is 9.59 Å². The lowest BCUT2D eigenvalue weighted by atomic mass is 9.85. The molecular formula is C9H13NO4. The monoisotopic (exact) mass is 199 g/mol. The van der Waals surface area contributed by atoms with E-state index in [-0.39, 0.29) is 11.8 Å². The van der Waals surface area contributed by atoms with Gasteiger partial charge in [0.25, 0.3) is 0 Å². The van der Waals surface area contributed by atoms with E-state index in [4.69, 9.17) is 15.9 Å². The smallest absolute Gasteiger partial charge is 0.324 e. The van der Waals surface area contributed by atoms with E-state index in [0.717, 1.165) is 6.42 Å². The summed E-state index contributed by atoms with van der Waals surface area (Å²) in [7, 11) is 0. The maximum Gasteiger partial charge on any atom is 0.324 e. The molecule has 2 bridgehead atoms. The predicted octanol–water partition coefficient (Wildman–Crippen LogP) is -0.101. The molecule has 0 unspecified atom stereocenters. The fourth-order valence-electron chi connectivity index (χ4n) is 3.09. The van der Waals surface area contributed by atoms with E-state index >= 15 is 0 Å². The van der Waals surface area contributed by atoms with Crippen LogP contribution in [0.15, 0.2) is 0 Å². The van der Waals surface area contributed by atoms with Crippen LogP contribution in [0.5, 0.6) is 0 Å². The van der Waals surface area contributed by atoms with Gasteiger partial charge in [-0.1, -0.05) is 0 Å². The summed E-state index contributed by atoms with van der Waals surface area (Å²) < 4.78 is 0. The third-order valence-electron chi connectivity index (χ3n) is 3.83. The zero-order valence-corrected chi connectivity index (χ0v) is 7.64. The minimum absolute atomic E-state index is 0.161. The zero-order chi connectivity index (χ0) is 10.5. The Morgan fingerprint density at radius 2 is 1.93 bits per heavy atom. The van der Waals surface area contributed by atoms with Crippen molar-refractivity contribution >= 4 is 11.9 Å². The van der Waals surface area contributed by atoms with Gasteiger partial charge in [-0.15, -0.1) is 0 Å².